The zero-order valence-corrected chi connectivity index (χ0v) is 18.9. The molecular weight excluding hydrogens is 438 g/mol. The molecule has 1 aliphatic carbocycles. The number of likely N-dealkylation sites (tertiary alicyclic amines) is 1. The van der Waals surface area contributed by atoms with Crippen LogP contribution in [-0.4, -0.2) is 55.3 Å². The van der Waals surface area contributed by atoms with Gasteiger partial charge < -0.3 is 15.2 Å². The zero-order chi connectivity index (χ0) is 23.6. The number of alkyl halides is 1. The number of amides is 1. The van der Waals surface area contributed by atoms with E-state index in [0.29, 0.717) is 22.7 Å². The summed E-state index contributed by atoms with van der Waals surface area (Å²) in [4.78, 5) is 19.0. The Hall–Kier alpha value is -3.33. The second-order valence-corrected chi connectivity index (χ2v) is 9.65. The van der Waals surface area contributed by atoms with E-state index >= 15 is 4.39 Å². The van der Waals surface area contributed by atoms with E-state index in [1.165, 1.54) is 34.5 Å². The molecule has 0 aromatic carbocycles. The van der Waals surface area contributed by atoms with Crippen LogP contribution < -0.4 is 5.73 Å². The first-order chi connectivity index (χ1) is 16.4. The lowest BCUT2D eigenvalue weighted by atomic mass is 10.0. The Morgan fingerprint density at radius 2 is 2.09 bits per heavy atom. The fourth-order valence-electron chi connectivity index (χ4n) is 5.08. The van der Waals surface area contributed by atoms with Crippen LogP contribution in [0, 0.1) is 18.7 Å². The number of aromatic nitrogens is 4. The minimum atomic E-state index is -1.18. The molecule has 5 heterocycles. The molecule has 1 aliphatic heterocycles. The predicted molar refractivity (Wildman–Crippen MR) is 125 cm³/mol. The molecule has 0 spiro atoms. The van der Waals surface area contributed by atoms with Crippen molar-refractivity contribution in [3.63, 3.8) is 0 Å². The summed E-state index contributed by atoms with van der Waals surface area (Å²) in [6.45, 7) is 2.89. The zero-order valence-electron chi connectivity index (χ0n) is 18.9. The topological polar surface area (TPSA) is 81.5 Å². The lowest BCUT2D eigenvalue weighted by Crippen LogP contribution is -2.50. The van der Waals surface area contributed by atoms with Gasteiger partial charge in [-0.25, -0.2) is 18.3 Å². The molecular formula is C25H26F2N6O. The monoisotopic (exact) mass is 464 g/mol. The fourth-order valence-corrected chi connectivity index (χ4v) is 5.08. The highest BCUT2D eigenvalue weighted by atomic mass is 19.1. The van der Waals surface area contributed by atoms with Crippen LogP contribution in [0.1, 0.15) is 35.2 Å². The maximum Gasteiger partial charge on any atom is 0.255 e. The third-order valence-corrected chi connectivity index (χ3v) is 6.92. The molecule has 4 aromatic heterocycles. The van der Waals surface area contributed by atoms with Crippen LogP contribution in [-0.2, 0) is 6.54 Å². The van der Waals surface area contributed by atoms with E-state index in [9.17, 15) is 9.18 Å². The average Bonchev–Trinajstić information content (AvgIpc) is 3.46. The van der Waals surface area contributed by atoms with Crippen molar-refractivity contribution in [2.75, 3.05) is 13.1 Å². The van der Waals surface area contributed by atoms with Crippen LogP contribution in [0.15, 0.2) is 36.7 Å². The smallest absolute Gasteiger partial charge is 0.255 e. The lowest BCUT2D eigenvalue weighted by molar-refractivity contribution is 0.0605. The largest absolute Gasteiger partial charge is 0.334 e. The number of rotatable bonds is 4. The van der Waals surface area contributed by atoms with Crippen molar-refractivity contribution in [1.29, 1.82) is 0 Å². The lowest BCUT2D eigenvalue weighted by Gasteiger charge is -2.32. The Morgan fingerprint density at radius 1 is 1.26 bits per heavy atom. The number of carbonyl (C=O) groups excluding carboxylic acids is 1. The Kier molecular flexibility index (Phi) is 4.91. The van der Waals surface area contributed by atoms with Crippen molar-refractivity contribution in [3.05, 3.63) is 53.6 Å². The number of hydrogen-bond donors (Lipinski definition) is 1. The summed E-state index contributed by atoms with van der Waals surface area (Å²) in [5.74, 6) is -0.367. The molecule has 2 N–H and O–H groups in total. The van der Waals surface area contributed by atoms with Crippen LogP contribution in [0.25, 0.3) is 27.9 Å². The molecule has 0 bridgehead atoms. The van der Waals surface area contributed by atoms with E-state index in [2.05, 4.69) is 9.55 Å². The number of fused-ring (bicyclic) bond motifs is 2. The van der Waals surface area contributed by atoms with Crippen LogP contribution in [0.4, 0.5) is 8.78 Å². The van der Waals surface area contributed by atoms with Crippen molar-refractivity contribution >= 4 is 22.5 Å². The quantitative estimate of drug-likeness (QED) is 0.499. The second-order valence-electron chi connectivity index (χ2n) is 9.65. The Balaban J connectivity index is 1.44. The van der Waals surface area contributed by atoms with Gasteiger partial charge in [0.2, 0.25) is 0 Å². The van der Waals surface area contributed by atoms with E-state index in [1.807, 2.05) is 25.1 Å². The molecule has 1 saturated heterocycles. The van der Waals surface area contributed by atoms with Gasteiger partial charge in [-0.15, -0.1) is 0 Å². The molecule has 0 unspecified atom stereocenters. The summed E-state index contributed by atoms with van der Waals surface area (Å²) in [5.41, 5.74) is 9.46. The Bertz CT molecular complexity index is 1410. The molecule has 34 heavy (non-hydrogen) atoms. The van der Waals surface area contributed by atoms with E-state index in [1.54, 1.807) is 6.20 Å². The third kappa shape index (κ3) is 3.55. The van der Waals surface area contributed by atoms with Gasteiger partial charge in [0, 0.05) is 42.5 Å². The summed E-state index contributed by atoms with van der Waals surface area (Å²) in [7, 11) is 0. The SMILES string of the molecule is Cc1c(-c2cc3cccnc3n2CC2CC2)nn2cc(C(=O)N3C[C@H](N)C[C@@H](F)C3)cc(F)c12. The van der Waals surface area contributed by atoms with Crippen LogP contribution in [0.2, 0.25) is 0 Å². The van der Waals surface area contributed by atoms with Crippen molar-refractivity contribution in [1.82, 2.24) is 24.1 Å². The number of hydrogen-bond acceptors (Lipinski definition) is 4. The van der Waals surface area contributed by atoms with Crippen molar-refractivity contribution < 1.29 is 13.6 Å². The van der Waals surface area contributed by atoms with Gasteiger partial charge >= 0.3 is 0 Å². The molecule has 9 heteroatoms. The van der Waals surface area contributed by atoms with Gasteiger partial charge in [0.15, 0.2) is 0 Å². The number of piperidine rings is 1. The summed E-state index contributed by atoms with van der Waals surface area (Å²) in [6.07, 6.45) is 4.73. The maximum absolute atomic E-state index is 15.3. The maximum atomic E-state index is 15.3. The van der Waals surface area contributed by atoms with Crippen molar-refractivity contribution in [2.45, 2.75) is 44.9 Å². The van der Waals surface area contributed by atoms with Gasteiger partial charge in [-0.05, 0) is 56.4 Å². The molecule has 4 aromatic rings. The standard InChI is InChI=1S/C25H26F2N6O/c1-14-22(21-8-16-3-2-6-29-24(16)32(21)10-15-4-5-15)30-33-11-17(7-20(27)23(14)33)25(34)31-12-18(26)9-19(28)13-31/h2-3,6-8,11,15,18-19H,4-5,9-10,12-13,28H2,1H3/t18-,19-/m1/s1. The molecule has 176 valence electrons. The fraction of sp³-hybridized carbons (Fsp3) is 0.400. The molecule has 1 saturated carbocycles. The molecule has 7 nitrogen and oxygen atoms in total. The molecule has 2 aliphatic rings. The normalized spacial score (nSPS) is 21.0. The highest BCUT2D eigenvalue weighted by molar-refractivity contribution is 5.95. The van der Waals surface area contributed by atoms with Crippen LogP contribution in [0.3, 0.4) is 0 Å². The van der Waals surface area contributed by atoms with Gasteiger partial charge in [-0.3, -0.25) is 4.79 Å². The van der Waals surface area contributed by atoms with Gasteiger partial charge in [-0.2, -0.15) is 5.10 Å². The second kappa shape index (κ2) is 7.87. The molecule has 1 amide bonds. The van der Waals surface area contributed by atoms with E-state index in [-0.39, 0.29) is 25.1 Å². The van der Waals surface area contributed by atoms with Gasteiger partial charge in [0.1, 0.15) is 28.8 Å². The van der Waals surface area contributed by atoms with Gasteiger partial charge in [-0.1, -0.05) is 0 Å². The number of halogens is 2. The Morgan fingerprint density at radius 3 is 2.85 bits per heavy atom. The number of aryl methyl sites for hydroxylation is 1. The highest BCUT2D eigenvalue weighted by Gasteiger charge is 2.30. The third-order valence-electron chi connectivity index (χ3n) is 6.92. The highest BCUT2D eigenvalue weighted by Crippen LogP contribution is 2.36. The molecule has 2 atom stereocenters. The van der Waals surface area contributed by atoms with Crippen molar-refractivity contribution in [2.24, 2.45) is 11.7 Å². The van der Waals surface area contributed by atoms with Gasteiger partial charge in [0.25, 0.3) is 5.91 Å². The minimum Gasteiger partial charge on any atom is -0.334 e. The van der Waals surface area contributed by atoms with Crippen LogP contribution >= 0.6 is 0 Å². The first-order valence-corrected chi connectivity index (χ1v) is 11.7. The first-order valence-electron chi connectivity index (χ1n) is 11.7. The number of nitrogens with zero attached hydrogens (tertiary/aromatic N) is 5. The number of pyridine rings is 2. The van der Waals surface area contributed by atoms with E-state index < -0.39 is 23.9 Å². The molecule has 0 radical (unpaired) electrons. The van der Waals surface area contributed by atoms with Gasteiger partial charge in [0.05, 0.1) is 17.8 Å². The molecule has 2 fully saturated rings. The number of carbonyl (C=O) groups is 1. The Labute approximate surface area is 195 Å². The van der Waals surface area contributed by atoms with E-state index in [0.717, 1.165) is 23.3 Å². The first kappa shape index (κ1) is 21.2. The summed E-state index contributed by atoms with van der Waals surface area (Å²) >= 11 is 0. The molecule has 6 rings (SSSR count). The van der Waals surface area contributed by atoms with Crippen molar-refractivity contribution in [3.8, 4) is 11.4 Å². The van der Waals surface area contributed by atoms with Crippen LogP contribution in [0.5, 0.6) is 0 Å². The summed E-state index contributed by atoms with van der Waals surface area (Å²) < 4.78 is 32.9. The minimum absolute atomic E-state index is 0.0379. The number of nitrogens with two attached hydrogens (primary N) is 1. The summed E-state index contributed by atoms with van der Waals surface area (Å²) in [5, 5.41) is 5.71. The summed E-state index contributed by atoms with van der Waals surface area (Å²) in [6, 6.07) is 6.74. The average molecular weight is 465 g/mol. The predicted octanol–water partition coefficient (Wildman–Crippen LogP) is 3.72. The van der Waals surface area contributed by atoms with E-state index in [4.69, 9.17) is 10.8 Å².